The molecule has 2 aliphatic rings. The molecule has 2 heterocycles. The Labute approximate surface area is 391 Å². The fourth-order valence-electron chi connectivity index (χ4n) is 7.93. The number of thioether (sulfide) groups is 1. The average Bonchev–Trinajstić information content (AvgIpc) is 3.80. The number of allylic oxidation sites excluding steroid dienone is 2. The van der Waals surface area contributed by atoms with Gasteiger partial charge in [0.1, 0.15) is 25.5 Å². The molecule has 0 aromatic carbocycles. The van der Waals surface area contributed by atoms with E-state index in [0.717, 1.165) is 102 Å². The number of unbranched alkanes of at least 4 members (excludes halogenated alkanes) is 19. The molecule has 0 aliphatic carbocycles. The lowest BCUT2D eigenvalue weighted by Gasteiger charge is -2.24. The van der Waals surface area contributed by atoms with Crippen LogP contribution >= 0.6 is 19.6 Å². The highest BCUT2D eigenvalue weighted by molar-refractivity contribution is 8.00. The van der Waals surface area contributed by atoms with Gasteiger partial charge in [0.15, 0.2) is 6.10 Å². The van der Waals surface area contributed by atoms with Crippen LogP contribution in [0.1, 0.15) is 187 Å². The Morgan fingerprint density at radius 3 is 1.95 bits per heavy atom. The number of carbonyl (C=O) groups is 4. The quantitative estimate of drug-likeness (QED) is 0.0113. The van der Waals surface area contributed by atoms with Crippen LogP contribution in [0.15, 0.2) is 12.2 Å². The third-order valence-corrected chi connectivity index (χ3v) is 14.5. The number of rotatable bonds is 42. The minimum atomic E-state index is -4.41. The number of amides is 2. The molecule has 2 unspecified atom stereocenters. The summed E-state index contributed by atoms with van der Waals surface area (Å²) in [5.41, 5.74) is 6.20. The normalized spacial score (nSPS) is 19.2. The first kappa shape index (κ1) is 58.1. The average molecular weight is 946 g/mol. The first-order valence-electron chi connectivity index (χ1n) is 25.1. The zero-order chi connectivity index (χ0) is 46.9. The third-order valence-electron chi connectivity index (χ3n) is 12.0. The van der Waals surface area contributed by atoms with Gasteiger partial charge in [-0.2, -0.15) is 11.8 Å². The van der Waals surface area contributed by atoms with Crippen LogP contribution in [0, 0.1) is 0 Å². The highest BCUT2D eigenvalue weighted by atomic mass is 32.2. The van der Waals surface area contributed by atoms with E-state index in [1.807, 2.05) is 32.9 Å². The molecule has 0 aromatic rings. The molecule has 16 heteroatoms. The number of quaternary nitrogens is 1. The predicted molar refractivity (Wildman–Crippen MR) is 258 cm³/mol. The number of carbonyl (C=O) groups excluding carboxylic acids is 4. The van der Waals surface area contributed by atoms with E-state index in [0.29, 0.717) is 42.0 Å². The van der Waals surface area contributed by atoms with Crippen molar-refractivity contribution in [1.29, 1.82) is 0 Å². The molecule has 2 amide bonds. The summed E-state index contributed by atoms with van der Waals surface area (Å²) >= 11 is 1.90. The molecule has 0 bridgehead atoms. The predicted octanol–water partition coefficient (Wildman–Crippen LogP) is 9.84. The fourth-order valence-corrected chi connectivity index (χ4v) is 10.2. The molecule has 2 saturated heterocycles. The van der Waals surface area contributed by atoms with Gasteiger partial charge in [0.25, 0.3) is 0 Å². The molecule has 0 saturated carbocycles. The van der Waals surface area contributed by atoms with Crippen LogP contribution in [0.25, 0.3) is 0 Å². The van der Waals surface area contributed by atoms with E-state index < -0.39 is 38.5 Å². The number of ether oxygens (including phenoxy) is 2. The number of phosphoric ester groups is 1. The molecule has 372 valence electrons. The number of esters is 2. The Morgan fingerprint density at radius 2 is 1.33 bits per heavy atom. The number of nitrogens with one attached hydrogen (secondary N) is 2. The zero-order valence-electron chi connectivity index (χ0n) is 40.4. The Morgan fingerprint density at radius 1 is 0.766 bits per heavy atom. The smallest absolute Gasteiger partial charge is 0.462 e. The van der Waals surface area contributed by atoms with E-state index in [2.05, 4.69) is 29.7 Å². The Bertz CT molecular complexity index is 1370. The van der Waals surface area contributed by atoms with Gasteiger partial charge in [0.2, 0.25) is 0 Å². The topological polar surface area (TPSA) is 193 Å². The second kappa shape index (κ2) is 35.2. The molecule has 0 spiro atoms. The van der Waals surface area contributed by atoms with E-state index in [-0.39, 0.29) is 50.0 Å². The number of ketones is 1. The maximum absolute atomic E-state index is 12.8. The van der Waals surface area contributed by atoms with E-state index in [4.69, 9.17) is 24.3 Å². The number of Topliss-reactive ketones (excluding diaryl/α,β-unsaturated/α-hetero) is 1. The van der Waals surface area contributed by atoms with Crippen LogP contribution < -0.4 is 16.4 Å². The van der Waals surface area contributed by atoms with Gasteiger partial charge in [0, 0.05) is 30.3 Å². The molecule has 2 fully saturated rings. The molecular weight excluding hydrogens is 856 g/mol. The molecule has 0 aromatic heterocycles. The summed E-state index contributed by atoms with van der Waals surface area (Å²) < 4.78 is 34.4. The van der Waals surface area contributed by atoms with Gasteiger partial charge >= 0.3 is 25.8 Å². The Hall–Kier alpha value is -2.00. The van der Waals surface area contributed by atoms with E-state index in [9.17, 15) is 28.6 Å². The minimum absolute atomic E-state index is 0.00657. The van der Waals surface area contributed by atoms with Gasteiger partial charge < -0.3 is 35.2 Å². The molecule has 64 heavy (non-hydrogen) atoms. The van der Waals surface area contributed by atoms with Crippen molar-refractivity contribution in [2.24, 2.45) is 5.73 Å². The molecule has 2 aliphatic heterocycles. The molecule has 14 nitrogen and oxygen atoms in total. The van der Waals surface area contributed by atoms with E-state index in [1.165, 1.54) is 44.9 Å². The van der Waals surface area contributed by atoms with Crippen molar-refractivity contribution in [2.45, 2.75) is 216 Å². The standard InChI is InChI=1S/C48H89N4O10PS/c1-5-6-7-8-9-10-11-12-13-14-15-16-20-23-26-33-45(54)59-37-40(38-61-63(57,58)60-36-35-52(2,3)4)62-46(55)34-27-24-21-18-17-19-22-25-30-41(49)43(53)31-28-29-32-44-47-42(39-64-44)50-48(56)51-47/h12-13,40-42,44,47H,5-11,14-39,49H2,1-4H3,(H2-,50,51,56,57,58)/p+1/b13-12-/t40-,41?,42+,44+,47+/m1/s1. The fraction of sp³-hybridized carbons (Fsp3) is 0.875. The highest BCUT2D eigenvalue weighted by Crippen LogP contribution is 2.43. The Kier molecular flexibility index (Phi) is 32.0. The molecule has 5 N–H and O–H groups in total. The molecule has 2 rings (SSSR count). The van der Waals surface area contributed by atoms with Crippen LogP contribution in [-0.4, -0.2) is 116 Å². The summed E-state index contributed by atoms with van der Waals surface area (Å²) in [6.07, 6.45) is 30.8. The van der Waals surface area contributed by atoms with E-state index >= 15 is 0 Å². The van der Waals surface area contributed by atoms with Crippen LogP contribution in [0.2, 0.25) is 0 Å². The highest BCUT2D eigenvalue weighted by Gasteiger charge is 2.42. The second-order valence-electron chi connectivity index (χ2n) is 19.0. The lowest BCUT2D eigenvalue weighted by Crippen LogP contribution is -2.37. The van der Waals surface area contributed by atoms with Crippen LogP contribution in [0.5, 0.6) is 0 Å². The van der Waals surface area contributed by atoms with Crippen molar-refractivity contribution < 1.29 is 51.6 Å². The van der Waals surface area contributed by atoms with Crippen molar-refractivity contribution in [3.8, 4) is 0 Å². The molecule has 0 radical (unpaired) electrons. The van der Waals surface area contributed by atoms with Crippen molar-refractivity contribution in [3.63, 3.8) is 0 Å². The minimum Gasteiger partial charge on any atom is -0.462 e. The molecule has 6 atom stereocenters. The number of nitrogens with zero attached hydrogens (tertiary/aromatic N) is 1. The summed E-state index contributed by atoms with van der Waals surface area (Å²) in [5.74, 6) is 0.208. The second-order valence-corrected chi connectivity index (χ2v) is 21.8. The van der Waals surface area contributed by atoms with Crippen molar-refractivity contribution >= 4 is 43.3 Å². The number of urea groups is 1. The summed E-state index contributed by atoms with van der Waals surface area (Å²) in [6, 6.07) is -0.0393. The summed E-state index contributed by atoms with van der Waals surface area (Å²) in [6.45, 7) is 2.03. The summed E-state index contributed by atoms with van der Waals surface area (Å²) in [7, 11) is 1.39. The number of hydrogen-bond donors (Lipinski definition) is 4. The number of likely N-dealkylation sites (N-methyl/N-ethyl adjacent to an activating group) is 1. The summed E-state index contributed by atoms with van der Waals surface area (Å²) in [4.78, 5) is 59.7. The lowest BCUT2D eigenvalue weighted by molar-refractivity contribution is -0.870. The molecular formula is C48H90N4O10PS+. The SMILES string of the molecule is CCCCCCCC/C=C\CCCCCCCC(=O)OC[C@H](COP(=O)(O)OCC[N+](C)(C)C)OC(=O)CCCCCCCCCCC(N)C(=O)CCCC[C@@H]1SC[C@@H]2NC(=O)N[C@@H]21. The van der Waals surface area contributed by atoms with Gasteiger partial charge in [-0.3, -0.25) is 23.4 Å². The maximum atomic E-state index is 12.8. The van der Waals surface area contributed by atoms with Crippen LogP contribution in [0.3, 0.4) is 0 Å². The first-order chi connectivity index (χ1) is 30.7. The van der Waals surface area contributed by atoms with Crippen LogP contribution in [-0.2, 0) is 37.5 Å². The van der Waals surface area contributed by atoms with Crippen molar-refractivity contribution in [3.05, 3.63) is 12.2 Å². The van der Waals surface area contributed by atoms with Gasteiger partial charge in [0.05, 0.1) is 45.9 Å². The summed E-state index contributed by atoms with van der Waals surface area (Å²) in [5, 5.41) is 6.40. The zero-order valence-corrected chi connectivity index (χ0v) is 42.1. The number of phosphoric acid groups is 1. The van der Waals surface area contributed by atoms with Gasteiger partial charge in [-0.05, 0) is 57.8 Å². The first-order valence-corrected chi connectivity index (χ1v) is 27.6. The Balaban J connectivity index is 1.56. The van der Waals surface area contributed by atoms with Crippen molar-refractivity contribution in [1.82, 2.24) is 10.6 Å². The number of fused-ring (bicyclic) bond motifs is 1. The maximum Gasteiger partial charge on any atom is 0.472 e. The van der Waals surface area contributed by atoms with Crippen LogP contribution in [0.4, 0.5) is 4.79 Å². The third kappa shape index (κ3) is 30.3. The van der Waals surface area contributed by atoms with Gasteiger partial charge in [-0.1, -0.05) is 122 Å². The largest absolute Gasteiger partial charge is 0.472 e. The van der Waals surface area contributed by atoms with Crippen molar-refractivity contribution in [2.75, 3.05) is 53.3 Å². The van der Waals surface area contributed by atoms with Gasteiger partial charge in [-0.15, -0.1) is 0 Å². The lowest BCUT2D eigenvalue weighted by atomic mass is 9.98. The number of hydrogen-bond acceptors (Lipinski definition) is 11. The number of nitrogens with two attached hydrogens (primary N) is 1. The van der Waals surface area contributed by atoms with E-state index in [1.54, 1.807) is 0 Å². The monoisotopic (exact) mass is 946 g/mol. The van der Waals surface area contributed by atoms with Gasteiger partial charge in [-0.25, -0.2) is 9.36 Å².